The number of aromatic nitrogens is 2. The Bertz CT molecular complexity index is 1290. The van der Waals surface area contributed by atoms with E-state index >= 15 is 4.39 Å². The molecular formula is C28H36FN7O7. The van der Waals surface area contributed by atoms with E-state index in [0.717, 1.165) is 25.0 Å². The van der Waals surface area contributed by atoms with Gasteiger partial charge in [0.1, 0.15) is 19.0 Å². The highest BCUT2D eigenvalue weighted by atomic mass is 19.1. The minimum Gasteiger partial charge on any atom is -0.465 e. The van der Waals surface area contributed by atoms with E-state index in [1.807, 2.05) is 4.90 Å². The van der Waals surface area contributed by atoms with Crippen LogP contribution in [0.25, 0.3) is 11.1 Å². The number of esters is 1. The zero-order valence-electron chi connectivity index (χ0n) is 23.9. The molecule has 14 nitrogen and oxygen atoms in total. The molecule has 1 aromatic carbocycles. The normalized spacial score (nSPS) is 16.9. The van der Waals surface area contributed by atoms with Crippen LogP contribution in [0.3, 0.4) is 0 Å². The van der Waals surface area contributed by atoms with Gasteiger partial charge in [0.15, 0.2) is 12.2 Å². The fraction of sp³-hybridized carbons (Fsp3) is 0.500. The molecule has 2 unspecified atom stereocenters. The molecule has 4 N–H and O–H groups in total. The fourth-order valence-corrected chi connectivity index (χ4v) is 4.19. The van der Waals surface area contributed by atoms with Crippen LogP contribution >= 0.6 is 0 Å². The van der Waals surface area contributed by atoms with Gasteiger partial charge in [-0.05, 0) is 19.3 Å². The van der Waals surface area contributed by atoms with E-state index in [4.69, 9.17) is 35.3 Å². The summed E-state index contributed by atoms with van der Waals surface area (Å²) in [6, 6.07) is 4.69. The molecule has 3 heterocycles. The zero-order chi connectivity index (χ0) is 30.6. The van der Waals surface area contributed by atoms with Crippen molar-refractivity contribution in [1.29, 1.82) is 0 Å². The first kappa shape index (κ1) is 31.6. The summed E-state index contributed by atoms with van der Waals surface area (Å²) < 4.78 is 36.7. The summed E-state index contributed by atoms with van der Waals surface area (Å²) >= 11 is 0. The molecule has 43 heavy (non-hydrogen) atoms. The van der Waals surface area contributed by atoms with Crippen molar-refractivity contribution in [1.82, 2.24) is 9.97 Å². The Morgan fingerprint density at radius 3 is 2.63 bits per heavy atom. The molecule has 2 atom stereocenters. The minimum absolute atomic E-state index is 0.143. The third-order valence-corrected chi connectivity index (χ3v) is 6.56. The van der Waals surface area contributed by atoms with E-state index in [9.17, 15) is 9.59 Å². The predicted octanol–water partition coefficient (Wildman–Crippen LogP) is 2.50. The number of ether oxygens (including phenoxy) is 4. The van der Waals surface area contributed by atoms with Gasteiger partial charge in [0, 0.05) is 42.1 Å². The zero-order valence-corrected chi connectivity index (χ0v) is 23.9. The maximum Gasteiger partial charge on any atom is 0.437 e. The Balaban J connectivity index is 1.26. The van der Waals surface area contributed by atoms with Gasteiger partial charge in [0.05, 0.1) is 37.9 Å². The molecule has 1 amide bonds. The first-order chi connectivity index (χ1) is 20.8. The van der Waals surface area contributed by atoms with Crippen molar-refractivity contribution in [2.75, 3.05) is 44.4 Å². The molecule has 1 aromatic heterocycles. The van der Waals surface area contributed by atoms with Crippen LogP contribution in [0.1, 0.15) is 38.2 Å². The highest BCUT2D eigenvalue weighted by molar-refractivity contribution is 5.98. The SMILES string of the molecule is CCC(=O)OCC(CON=C1CN(c2ncc(-c3cccc(COC(=O)N=C(N)N)c3F)cn2)C1)COC1CCCCO1. The number of benzene rings is 1. The van der Waals surface area contributed by atoms with Crippen LogP contribution in [0.2, 0.25) is 0 Å². The number of halogens is 1. The smallest absolute Gasteiger partial charge is 0.437 e. The molecule has 2 aliphatic heterocycles. The van der Waals surface area contributed by atoms with Gasteiger partial charge < -0.3 is 40.2 Å². The van der Waals surface area contributed by atoms with Crippen molar-refractivity contribution in [3.8, 4) is 11.1 Å². The lowest BCUT2D eigenvalue weighted by molar-refractivity contribution is -0.176. The lowest BCUT2D eigenvalue weighted by Crippen LogP contribution is -2.48. The van der Waals surface area contributed by atoms with Crippen LogP contribution in [0, 0.1) is 11.7 Å². The van der Waals surface area contributed by atoms with Crippen LogP contribution in [-0.4, -0.2) is 79.5 Å². The molecule has 0 radical (unpaired) electrons. The summed E-state index contributed by atoms with van der Waals surface area (Å²) in [5.74, 6) is -1.05. The first-order valence-corrected chi connectivity index (χ1v) is 14.0. The molecule has 4 rings (SSSR count). The van der Waals surface area contributed by atoms with Crippen LogP contribution < -0.4 is 16.4 Å². The Morgan fingerprint density at radius 1 is 1.14 bits per heavy atom. The Morgan fingerprint density at radius 2 is 1.93 bits per heavy atom. The van der Waals surface area contributed by atoms with Crippen LogP contribution in [0.5, 0.6) is 0 Å². The van der Waals surface area contributed by atoms with Gasteiger partial charge in [0.2, 0.25) is 5.95 Å². The van der Waals surface area contributed by atoms with E-state index in [-0.39, 0.29) is 49.1 Å². The van der Waals surface area contributed by atoms with Gasteiger partial charge in [0.25, 0.3) is 0 Å². The van der Waals surface area contributed by atoms with Crippen molar-refractivity contribution in [2.24, 2.45) is 27.5 Å². The van der Waals surface area contributed by atoms with Crippen molar-refractivity contribution in [3.05, 3.63) is 42.0 Å². The second-order valence-electron chi connectivity index (χ2n) is 9.98. The lowest BCUT2D eigenvalue weighted by Gasteiger charge is -2.32. The van der Waals surface area contributed by atoms with E-state index in [0.29, 0.717) is 44.2 Å². The number of carbonyl (C=O) groups excluding carboxylic acids is 2. The number of nitrogens with zero attached hydrogens (tertiary/aromatic N) is 5. The highest BCUT2D eigenvalue weighted by Crippen LogP contribution is 2.26. The van der Waals surface area contributed by atoms with E-state index in [1.165, 1.54) is 18.5 Å². The maximum absolute atomic E-state index is 15.1. The molecule has 2 aliphatic rings. The predicted molar refractivity (Wildman–Crippen MR) is 153 cm³/mol. The molecule has 0 spiro atoms. The number of guanidine groups is 1. The van der Waals surface area contributed by atoms with E-state index < -0.39 is 17.9 Å². The standard InChI is InChI=1S/C28H36FN7O7/c1-2-23(37)40-14-18(15-41-24-8-3-4-9-39-24)16-43-35-21-12-36(13-21)27-32-10-20(11-33-27)22-7-5-6-19(25(22)29)17-42-28(38)34-26(30)31/h5-7,10-11,18,24H,2-4,8-9,12-17H2,1H3,(H4,30,31,34,38). The molecule has 232 valence electrons. The summed E-state index contributed by atoms with van der Waals surface area (Å²) in [6.45, 7) is 3.71. The van der Waals surface area contributed by atoms with E-state index in [1.54, 1.807) is 19.1 Å². The van der Waals surface area contributed by atoms with Crippen molar-refractivity contribution < 1.29 is 37.8 Å². The van der Waals surface area contributed by atoms with Gasteiger partial charge >= 0.3 is 12.1 Å². The van der Waals surface area contributed by atoms with Crippen LogP contribution in [-0.2, 0) is 35.2 Å². The van der Waals surface area contributed by atoms with Crippen LogP contribution in [0.15, 0.2) is 40.7 Å². The lowest BCUT2D eigenvalue weighted by atomic mass is 10.1. The molecule has 2 saturated heterocycles. The van der Waals surface area contributed by atoms with Gasteiger partial charge in [-0.3, -0.25) is 4.79 Å². The number of oxime groups is 1. The highest BCUT2D eigenvalue weighted by Gasteiger charge is 2.26. The average Bonchev–Trinajstić information content (AvgIpc) is 2.99. The molecule has 15 heteroatoms. The molecule has 0 aliphatic carbocycles. The number of carbonyl (C=O) groups is 2. The Labute approximate surface area is 248 Å². The fourth-order valence-electron chi connectivity index (χ4n) is 4.19. The number of amides is 1. The summed E-state index contributed by atoms with van der Waals surface area (Å²) in [6.07, 6.45) is 4.97. The summed E-state index contributed by atoms with van der Waals surface area (Å²) in [5, 5.41) is 4.20. The van der Waals surface area contributed by atoms with Gasteiger partial charge in [-0.1, -0.05) is 30.3 Å². The quantitative estimate of drug-likeness (QED) is 0.148. The molecule has 0 bridgehead atoms. The monoisotopic (exact) mass is 601 g/mol. The Hall–Kier alpha value is -4.37. The third-order valence-electron chi connectivity index (χ3n) is 6.56. The molecule has 2 aromatic rings. The molecular weight excluding hydrogens is 565 g/mol. The average molecular weight is 602 g/mol. The number of nitrogens with two attached hydrogens (primary N) is 2. The van der Waals surface area contributed by atoms with Crippen molar-refractivity contribution >= 4 is 29.7 Å². The summed E-state index contributed by atoms with van der Waals surface area (Å²) in [7, 11) is 0. The number of aliphatic imine (C=N–C) groups is 1. The van der Waals surface area contributed by atoms with E-state index in [2.05, 4.69) is 20.1 Å². The summed E-state index contributed by atoms with van der Waals surface area (Å²) in [5.41, 5.74) is 11.9. The summed E-state index contributed by atoms with van der Waals surface area (Å²) in [4.78, 5) is 42.5. The Kier molecular flexibility index (Phi) is 11.6. The number of hydrogen-bond donors (Lipinski definition) is 2. The number of rotatable bonds is 13. The molecule has 2 fully saturated rings. The minimum atomic E-state index is -1.02. The molecule has 0 saturated carbocycles. The third kappa shape index (κ3) is 9.58. The largest absolute Gasteiger partial charge is 0.465 e. The van der Waals surface area contributed by atoms with Gasteiger partial charge in [-0.25, -0.2) is 19.2 Å². The van der Waals surface area contributed by atoms with Gasteiger partial charge in [-0.2, -0.15) is 0 Å². The number of anilines is 1. The maximum atomic E-state index is 15.1. The number of hydrogen-bond acceptors (Lipinski definition) is 11. The second-order valence-corrected chi connectivity index (χ2v) is 9.98. The van der Waals surface area contributed by atoms with Crippen molar-refractivity contribution in [2.45, 2.75) is 45.5 Å². The van der Waals surface area contributed by atoms with Gasteiger partial charge in [-0.15, -0.1) is 4.99 Å². The van der Waals surface area contributed by atoms with Crippen LogP contribution in [0.4, 0.5) is 15.1 Å². The second kappa shape index (κ2) is 15.7. The first-order valence-electron chi connectivity index (χ1n) is 14.0. The van der Waals surface area contributed by atoms with Crippen molar-refractivity contribution in [3.63, 3.8) is 0 Å². The topological polar surface area (TPSA) is 186 Å².